The Labute approximate surface area is 247 Å². The van der Waals surface area contributed by atoms with Gasteiger partial charge in [-0.1, -0.05) is 93.1 Å². The zero-order valence-corrected chi connectivity index (χ0v) is 24.6. The zero-order valence-electron chi connectivity index (χ0n) is 24.6. The molecule has 7 rings (SSSR count). The van der Waals surface area contributed by atoms with Gasteiger partial charge in [0.2, 0.25) is 0 Å². The van der Waals surface area contributed by atoms with Gasteiger partial charge in [-0.25, -0.2) is 14.7 Å². The van der Waals surface area contributed by atoms with E-state index in [1.165, 1.54) is 16.7 Å². The summed E-state index contributed by atoms with van der Waals surface area (Å²) in [7, 11) is 0. The molecule has 0 fully saturated rings. The van der Waals surface area contributed by atoms with Crippen LogP contribution in [0.4, 0.5) is 22.9 Å². The minimum absolute atomic E-state index is 0.0620. The number of fused-ring (bicyclic) bond motifs is 4. The summed E-state index contributed by atoms with van der Waals surface area (Å²) in [4.78, 5) is 12.8. The fraction of sp³-hybridized carbons (Fsp3) is 0.194. The molecule has 0 unspecified atom stereocenters. The van der Waals surface area contributed by atoms with Crippen LogP contribution in [0.1, 0.15) is 54.8 Å². The van der Waals surface area contributed by atoms with E-state index in [9.17, 15) is 0 Å². The van der Waals surface area contributed by atoms with E-state index >= 15 is 0 Å². The number of aliphatic imine (C=N–C) groups is 2. The average molecular weight is 551 g/mol. The minimum Gasteiger partial charge on any atom is -0.337 e. The molecule has 0 bridgehead atoms. The number of nitrogens with one attached hydrogen (secondary N) is 1. The molecular formula is C36H34N6. The highest BCUT2D eigenvalue weighted by Crippen LogP contribution is 2.48. The highest BCUT2D eigenvalue weighted by Gasteiger charge is 2.41. The number of anilines is 2. The Hall–Kier alpha value is -4.97. The van der Waals surface area contributed by atoms with Crippen molar-refractivity contribution in [2.75, 3.05) is 10.2 Å². The topological polar surface area (TPSA) is 57.8 Å². The van der Waals surface area contributed by atoms with Crippen molar-refractivity contribution in [3.63, 3.8) is 0 Å². The Bertz CT molecular complexity index is 1840. The Morgan fingerprint density at radius 1 is 0.738 bits per heavy atom. The maximum Gasteiger partial charge on any atom is 0.179 e. The van der Waals surface area contributed by atoms with Gasteiger partial charge in [0, 0.05) is 11.3 Å². The van der Waals surface area contributed by atoms with E-state index in [-0.39, 0.29) is 11.5 Å². The van der Waals surface area contributed by atoms with Crippen molar-refractivity contribution in [2.24, 2.45) is 9.98 Å². The van der Waals surface area contributed by atoms with Crippen molar-refractivity contribution in [3.8, 4) is 5.69 Å². The van der Waals surface area contributed by atoms with Gasteiger partial charge in [0.25, 0.3) is 0 Å². The lowest BCUT2D eigenvalue weighted by atomic mass is 9.85. The molecule has 6 nitrogen and oxygen atoms in total. The maximum absolute atomic E-state index is 5.34. The molecule has 0 amide bonds. The molecule has 208 valence electrons. The molecule has 0 aliphatic carbocycles. The lowest BCUT2D eigenvalue weighted by molar-refractivity contribution is 0.589. The second-order valence-corrected chi connectivity index (χ2v) is 12.1. The first-order chi connectivity index (χ1) is 20.3. The summed E-state index contributed by atoms with van der Waals surface area (Å²) in [5.74, 6) is 2.30. The first-order valence-electron chi connectivity index (χ1n) is 14.4. The van der Waals surface area contributed by atoms with Crippen LogP contribution in [0.25, 0.3) is 5.69 Å². The Balaban J connectivity index is 1.47. The number of aryl methyl sites for hydroxylation is 2. The third kappa shape index (κ3) is 4.40. The summed E-state index contributed by atoms with van der Waals surface area (Å²) in [5, 5.41) is 8.64. The second-order valence-electron chi connectivity index (χ2n) is 12.1. The van der Waals surface area contributed by atoms with Gasteiger partial charge in [0.1, 0.15) is 0 Å². The molecule has 0 saturated carbocycles. The third-order valence-corrected chi connectivity index (χ3v) is 8.05. The van der Waals surface area contributed by atoms with Gasteiger partial charge in [-0.2, -0.15) is 5.10 Å². The summed E-state index contributed by atoms with van der Waals surface area (Å²) < 4.78 is 1.97. The monoisotopic (exact) mass is 550 g/mol. The van der Waals surface area contributed by atoms with Crippen LogP contribution < -0.4 is 10.2 Å². The van der Waals surface area contributed by atoms with Gasteiger partial charge in [0.15, 0.2) is 17.5 Å². The van der Waals surface area contributed by atoms with Crippen LogP contribution in [0, 0.1) is 13.8 Å². The number of rotatable bonds is 3. The number of hydrogen-bond acceptors (Lipinski definition) is 5. The SMILES string of the molecule is Cc1ccc(NC2=Nc3ccccc3N3C2=Nc2c(c(C)nn2-c2ccccc2)[C@H]3c2ccc(C(C)(C)C)cc2)cc1. The van der Waals surface area contributed by atoms with Gasteiger partial charge >= 0.3 is 0 Å². The van der Waals surface area contributed by atoms with Gasteiger partial charge in [-0.3, -0.25) is 0 Å². The normalized spacial score (nSPS) is 15.7. The van der Waals surface area contributed by atoms with Gasteiger partial charge in [-0.15, -0.1) is 0 Å². The lowest BCUT2D eigenvalue weighted by Crippen LogP contribution is -2.46. The summed E-state index contributed by atoms with van der Waals surface area (Å²) >= 11 is 0. The summed E-state index contributed by atoms with van der Waals surface area (Å²) in [5.41, 5.74) is 9.66. The molecule has 5 aromatic rings. The molecule has 6 heteroatoms. The molecule has 42 heavy (non-hydrogen) atoms. The molecule has 2 aliphatic heterocycles. The van der Waals surface area contributed by atoms with Crippen molar-refractivity contribution >= 4 is 34.6 Å². The van der Waals surface area contributed by atoms with Crippen molar-refractivity contribution in [3.05, 3.63) is 131 Å². The standard InChI is InChI=1S/C36H34N6/c1-23-15-21-27(22-16-23)37-33-35-39-34-31(24(2)40-42(34)28-11-7-6-8-12-28)32(25-17-19-26(20-18-25)36(3,4)5)41(35)30-14-10-9-13-29(30)38-33/h6-22,32H,1-5H3,(H,37,38)/t32-/m1/s1. The largest absolute Gasteiger partial charge is 0.337 e. The smallest absolute Gasteiger partial charge is 0.179 e. The molecule has 2 aliphatic rings. The predicted molar refractivity (Wildman–Crippen MR) is 173 cm³/mol. The van der Waals surface area contributed by atoms with Crippen LogP contribution in [0.2, 0.25) is 0 Å². The van der Waals surface area contributed by atoms with Crippen molar-refractivity contribution in [2.45, 2.75) is 46.1 Å². The summed E-state index contributed by atoms with van der Waals surface area (Å²) in [6, 6.07) is 35.8. The number of benzene rings is 4. The fourth-order valence-corrected chi connectivity index (χ4v) is 5.80. The Morgan fingerprint density at radius 2 is 1.43 bits per heavy atom. The summed E-state index contributed by atoms with van der Waals surface area (Å²) in [6.45, 7) is 10.9. The molecule has 1 N–H and O–H groups in total. The molecule has 0 radical (unpaired) electrons. The number of hydrogen-bond donors (Lipinski definition) is 1. The van der Waals surface area contributed by atoms with E-state index < -0.39 is 0 Å². The Morgan fingerprint density at radius 3 is 2.14 bits per heavy atom. The van der Waals surface area contributed by atoms with Gasteiger partial charge in [-0.05, 0) is 66.8 Å². The molecule has 0 saturated heterocycles. The van der Waals surface area contributed by atoms with E-state index in [0.717, 1.165) is 45.7 Å². The number of aromatic nitrogens is 2. The molecule has 1 atom stereocenters. The van der Waals surface area contributed by atoms with Crippen molar-refractivity contribution in [1.82, 2.24) is 9.78 Å². The predicted octanol–water partition coefficient (Wildman–Crippen LogP) is 8.58. The van der Waals surface area contributed by atoms with Crippen molar-refractivity contribution < 1.29 is 0 Å². The third-order valence-electron chi connectivity index (χ3n) is 8.05. The van der Waals surface area contributed by atoms with E-state index in [4.69, 9.17) is 15.1 Å². The molecule has 3 heterocycles. The van der Waals surface area contributed by atoms with Crippen LogP contribution in [-0.4, -0.2) is 21.5 Å². The average Bonchev–Trinajstić information content (AvgIpc) is 3.33. The van der Waals surface area contributed by atoms with Crippen LogP contribution in [-0.2, 0) is 5.41 Å². The van der Waals surface area contributed by atoms with Gasteiger partial charge in [0.05, 0.1) is 28.8 Å². The number of para-hydroxylation sites is 3. The molecule has 0 spiro atoms. The molecule has 1 aromatic heterocycles. The van der Waals surface area contributed by atoms with Crippen LogP contribution in [0.15, 0.2) is 113 Å². The van der Waals surface area contributed by atoms with E-state index in [1.54, 1.807) is 0 Å². The van der Waals surface area contributed by atoms with Crippen LogP contribution >= 0.6 is 0 Å². The fourth-order valence-electron chi connectivity index (χ4n) is 5.80. The quantitative estimate of drug-likeness (QED) is 0.245. The Kier molecular flexibility index (Phi) is 6.08. The molecular weight excluding hydrogens is 516 g/mol. The molecule has 4 aromatic carbocycles. The van der Waals surface area contributed by atoms with E-state index in [0.29, 0.717) is 5.84 Å². The maximum atomic E-state index is 5.34. The number of nitrogens with zero attached hydrogens (tertiary/aromatic N) is 5. The minimum atomic E-state index is -0.148. The zero-order chi connectivity index (χ0) is 29.0. The first-order valence-corrected chi connectivity index (χ1v) is 14.4. The first kappa shape index (κ1) is 26.0. The lowest BCUT2D eigenvalue weighted by Gasteiger charge is -2.40. The van der Waals surface area contributed by atoms with E-state index in [2.05, 4.69) is 124 Å². The number of amidine groups is 2. The highest BCUT2D eigenvalue weighted by atomic mass is 15.4. The van der Waals surface area contributed by atoms with E-state index in [1.807, 2.05) is 28.9 Å². The highest BCUT2D eigenvalue weighted by molar-refractivity contribution is 6.51. The second kappa shape index (κ2) is 9.84. The van der Waals surface area contributed by atoms with Crippen LogP contribution in [0.3, 0.4) is 0 Å². The van der Waals surface area contributed by atoms with Crippen molar-refractivity contribution in [1.29, 1.82) is 0 Å². The van der Waals surface area contributed by atoms with Crippen LogP contribution in [0.5, 0.6) is 0 Å². The van der Waals surface area contributed by atoms with Gasteiger partial charge < -0.3 is 10.2 Å². The summed E-state index contributed by atoms with van der Waals surface area (Å²) in [6.07, 6.45) is 0.